The van der Waals surface area contributed by atoms with Gasteiger partial charge >= 0.3 is 12.1 Å². The summed E-state index contributed by atoms with van der Waals surface area (Å²) in [6.45, 7) is 0.915. The minimum absolute atomic E-state index is 0.0901. The van der Waals surface area contributed by atoms with Gasteiger partial charge in [0.05, 0.1) is 0 Å². The zero-order chi connectivity index (χ0) is 18.1. The first-order valence-electron chi connectivity index (χ1n) is 6.79. The van der Waals surface area contributed by atoms with Crippen molar-refractivity contribution in [2.24, 2.45) is 0 Å². The molecule has 0 saturated carbocycles. The number of rotatable bonds is 5. The summed E-state index contributed by atoms with van der Waals surface area (Å²) in [5.74, 6) is -2.66. The monoisotopic (exact) mass is 342 g/mol. The van der Waals surface area contributed by atoms with Gasteiger partial charge in [0.1, 0.15) is 13.0 Å². The van der Waals surface area contributed by atoms with Crippen LogP contribution in [0.5, 0.6) is 0 Å². The zero-order valence-electron chi connectivity index (χ0n) is 12.5. The van der Waals surface area contributed by atoms with Crippen molar-refractivity contribution in [3.8, 4) is 0 Å². The Labute approximate surface area is 133 Å². The van der Waals surface area contributed by atoms with Crippen molar-refractivity contribution >= 4 is 34.3 Å². The number of ketones is 1. The molecule has 0 bridgehead atoms. The van der Waals surface area contributed by atoms with Crippen LogP contribution in [0.1, 0.15) is 23.7 Å². The number of nitrogens with one attached hydrogen (secondary N) is 1. The molecule has 2 rings (SSSR count). The lowest BCUT2D eigenvalue weighted by molar-refractivity contribution is -0.150. The number of aliphatic carboxylic acids is 1. The highest BCUT2D eigenvalue weighted by molar-refractivity contribution is 6.08. The van der Waals surface area contributed by atoms with Gasteiger partial charge in [-0.2, -0.15) is 13.2 Å². The molecule has 0 radical (unpaired) electrons. The van der Waals surface area contributed by atoms with Crippen LogP contribution >= 0.6 is 0 Å². The van der Waals surface area contributed by atoms with Gasteiger partial charge < -0.3 is 15.0 Å². The Morgan fingerprint density at radius 1 is 1.25 bits per heavy atom. The molecule has 0 fully saturated rings. The molecule has 24 heavy (non-hydrogen) atoms. The average molecular weight is 342 g/mol. The number of Topliss-reactive ketones (excluding diaryl/α,β-unsaturated/α-hetero) is 1. The second kappa shape index (κ2) is 6.34. The van der Waals surface area contributed by atoms with E-state index in [1.54, 1.807) is 0 Å². The maximum atomic E-state index is 12.2. The first-order valence-corrected chi connectivity index (χ1v) is 6.79. The Morgan fingerprint density at radius 2 is 1.92 bits per heavy atom. The molecule has 1 aromatic carbocycles. The number of carboxylic acids is 1. The highest BCUT2D eigenvalue weighted by Crippen LogP contribution is 2.26. The van der Waals surface area contributed by atoms with Crippen LogP contribution in [-0.2, 0) is 16.1 Å². The van der Waals surface area contributed by atoms with Crippen LogP contribution in [0.15, 0.2) is 24.4 Å². The number of nitrogens with zero attached hydrogens (tertiary/aromatic N) is 1. The number of aromatic nitrogens is 1. The number of amides is 1. The lowest BCUT2D eigenvalue weighted by Gasteiger charge is -2.08. The molecule has 0 unspecified atom stereocenters. The van der Waals surface area contributed by atoms with Crippen molar-refractivity contribution in [2.45, 2.75) is 26.1 Å². The van der Waals surface area contributed by atoms with Gasteiger partial charge in [0, 0.05) is 28.4 Å². The number of carbonyl (C=O) groups is 3. The van der Waals surface area contributed by atoms with Gasteiger partial charge in [-0.05, 0) is 25.1 Å². The van der Waals surface area contributed by atoms with Crippen molar-refractivity contribution in [1.29, 1.82) is 0 Å². The Morgan fingerprint density at radius 3 is 2.46 bits per heavy atom. The molecule has 0 aliphatic heterocycles. The highest BCUT2D eigenvalue weighted by atomic mass is 19.4. The molecule has 0 atom stereocenters. The van der Waals surface area contributed by atoms with Gasteiger partial charge in [-0.25, -0.2) is 0 Å². The smallest absolute Gasteiger partial charge is 0.397 e. The van der Waals surface area contributed by atoms with Gasteiger partial charge in [0.25, 0.3) is 0 Å². The Bertz CT molecular complexity index is 824. The van der Waals surface area contributed by atoms with E-state index < -0.39 is 24.5 Å². The molecule has 2 aromatic rings. The van der Waals surface area contributed by atoms with E-state index in [1.165, 1.54) is 35.9 Å². The number of halogens is 3. The minimum atomic E-state index is -4.62. The van der Waals surface area contributed by atoms with Gasteiger partial charge in [0.15, 0.2) is 5.78 Å². The van der Waals surface area contributed by atoms with Crippen LogP contribution in [0.25, 0.3) is 10.9 Å². The van der Waals surface area contributed by atoms with Crippen molar-refractivity contribution < 1.29 is 32.7 Å². The summed E-state index contributed by atoms with van der Waals surface area (Å²) in [5, 5.41) is 11.4. The molecule has 1 heterocycles. The summed E-state index contributed by atoms with van der Waals surface area (Å²) >= 11 is 0. The molecular formula is C15H13F3N2O4. The minimum Gasteiger partial charge on any atom is -0.480 e. The Balaban J connectivity index is 2.39. The van der Waals surface area contributed by atoms with E-state index in [0.717, 1.165) is 0 Å². The van der Waals surface area contributed by atoms with Crippen molar-refractivity contribution in [2.75, 3.05) is 5.32 Å². The predicted molar refractivity (Wildman–Crippen MR) is 78.9 cm³/mol. The molecule has 1 aromatic heterocycles. The molecule has 0 aliphatic rings. The summed E-state index contributed by atoms with van der Waals surface area (Å²) < 4.78 is 37.9. The third kappa shape index (κ3) is 4.12. The van der Waals surface area contributed by atoms with E-state index in [1.807, 2.05) is 0 Å². The van der Waals surface area contributed by atoms with E-state index >= 15 is 0 Å². The standard InChI is InChI=1S/C15H13F3N2O4/c1-8(21)11-6-20(7-14(23)24)12-3-2-9(4-10(11)12)19-13(22)5-15(16,17)18/h2-4,6H,5,7H2,1H3,(H,19,22)(H,23,24). The molecule has 1 amide bonds. The van der Waals surface area contributed by atoms with Gasteiger partial charge in [-0.3, -0.25) is 14.4 Å². The first kappa shape index (κ1) is 17.5. The maximum Gasteiger partial charge on any atom is 0.397 e. The summed E-state index contributed by atoms with van der Waals surface area (Å²) in [4.78, 5) is 33.9. The molecule has 0 saturated heterocycles. The normalized spacial score (nSPS) is 11.5. The number of fused-ring (bicyclic) bond motifs is 1. The number of carbonyl (C=O) groups excluding carboxylic acids is 2. The zero-order valence-corrected chi connectivity index (χ0v) is 12.5. The third-order valence-corrected chi connectivity index (χ3v) is 3.21. The van der Waals surface area contributed by atoms with E-state index in [2.05, 4.69) is 5.32 Å². The van der Waals surface area contributed by atoms with Gasteiger partial charge in [-0.1, -0.05) is 0 Å². The molecule has 9 heteroatoms. The van der Waals surface area contributed by atoms with E-state index in [-0.39, 0.29) is 23.6 Å². The molecule has 0 aliphatic carbocycles. The fourth-order valence-electron chi connectivity index (χ4n) is 2.32. The fraction of sp³-hybridized carbons (Fsp3) is 0.267. The van der Waals surface area contributed by atoms with Crippen LogP contribution in [-0.4, -0.2) is 33.5 Å². The van der Waals surface area contributed by atoms with E-state index in [0.29, 0.717) is 10.9 Å². The highest BCUT2D eigenvalue weighted by Gasteiger charge is 2.31. The second-order valence-corrected chi connectivity index (χ2v) is 5.19. The number of alkyl halides is 3. The van der Waals surface area contributed by atoms with Crippen LogP contribution < -0.4 is 5.32 Å². The van der Waals surface area contributed by atoms with E-state index in [4.69, 9.17) is 5.11 Å². The Hall–Kier alpha value is -2.84. The molecule has 0 spiro atoms. The summed E-state index contributed by atoms with van der Waals surface area (Å²) in [5.41, 5.74) is 0.738. The van der Waals surface area contributed by atoms with Crippen LogP contribution in [0.3, 0.4) is 0 Å². The first-order chi connectivity index (χ1) is 11.1. The van der Waals surface area contributed by atoms with Crippen molar-refractivity contribution in [3.05, 3.63) is 30.0 Å². The lowest BCUT2D eigenvalue weighted by atomic mass is 10.1. The maximum absolute atomic E-state index is 12.2. The molecule has 2 N–H and O–H groups in total. The summed E-state index contributed by atoms with van der Waals surface area (Å²) in [6, 6.07) is 4.13. The number of benzene rings is 1. The predicted octanol–water partition coefficient (Wildman–Crippen LogP) is 2.82. The van der Waals surface area contributed by atoms with Crippen LogP contribution in [0.4, 0.5) is 18.9 Å². The second-order valence-electron chi connectivity index (χ2n) is 5.19. The summed E-state index contributed by atoms with van der Waals surface area (Å²) in [7, 11) is 0. The third-order valence-electron chi connectivity index (χ3n) is 3.21. The number of anilines is 1. The Kier molecular flexibility index (Phi) is 4.63. The number of hydrogen-bond donors (Lipinski definition) is 2. The van der Waals surface area contributed by atoms with E-state index in [9.17, 15) is 27.6 Å². The van der Waals surface area contributed by atoms with Crippen LogP contribution in [0.2, 0.25) is 0 Å². The quantitative estimate of drug-likeness (QED) is 0.818. The lowest BCUT2D eigenvalue weighted by Crippen LogP contribution is -2.21. The van der Waals surface area contributed by atoms with Gasteiger partial charge in [-0.15, -0.1) is 0 Å². The average Bonchev–Trinajstić information content (AvgIpc) is 2.74. The fourth-order valence-corrected chi connectivity index (χ4v) is 2.32. The molecule has 6 nitrogen and oxygen atoms in total. The van der Waals surface area contributed by atoms with Crippen molar-refractivity contribution in [1.82, 2.24) is 4.57 Å². The van der Waals surface area contributed by atoms with Crippen molar-refractivity contribution in [3.63, 3.8) is 0 Å². The van der Waals surface area contributed by atoms with Gasteiger partial charge in [0.2, 0.25) is 5.91 Å². The molecule has 128 valence electrons. The summed E-state index contributed by atoms with van der Waals surface area (Å²) in [6.07, 6.45) is -4.88. The van der Waals surface area contributed by atoms with Crippen LogP contribution in [0, 0.1) is 0 Å². The SMILES string of the molecule is CC(=O)c1cn(CC(=O)O)c2ccc(NC(=O)CC(F)(F)F)cc12. The largest absolute Gasteiger partial charge is 0.480 e. The molecular weight excluding hydrogens is 329 g/mol. The number of carboxylic acid groups (broad SMARTS) is 1. The number of hydrogen-bond acceptors (Lipinski definition) is 3. The topological polar surface area (TPSA) is 88.4 Å².